The predicted octanol–water partition coefficient (Wildman–Crippen LogP) is 6.22. The lowest BCUT2D eigenvalue weighted by molar-refractivity contribution is -0.126. The summed E-state index contributed by atoms with van der Waals surface area (Å²) in [5, 5.41) is 26.9. The maximum Gasteiger partial charge on any atom is 0.336 e. The van der Waals surface area contributed by atoms with Crippen molar-refractivity contribution in [2.24, 2.45) is 10.1 Å². The highest BCUT2D eigenvalue weighted by molar-refractivity contribution is 6.10. The Bertz CT molecular complexity index is 2620. The van der Waals surface area contributed by atoms with Crippen molar-refractivity contribution >= 4 is 40.3 Å². The third-order valence-electron chi connectivity index (χ3n) is 9.55. The highest BCUT2D eigenvalue weighted by Gasteiger charge is 2.24. The first kappa shape index (κ1) is 46.7. The molecule has 1 heterocycles. The summed E-state index contributed by atoms with van der Waals surface area (Å²) in [6.45, 7) is 10.9. The van der Waals surface area contributed by atoms with E-state index in [2.05, 4.69) is 48.1 Å². The van der Waals surface area contributed by atoms with Crippen molar-refractivity contribution in [1.29, 1.82) is 0 Å². The molecule has 3 amide bonds. The van der Waals surface area contributed by atoms with Crippen LogP contribution in [0.4, 0.5) is 5.69 Å². The van der Waals surface area contributed by atoms with Crippen molar-refractivity contribution in [3.05, 3.63) is 110 Å². The fraction of sp³-hybridized carbons (Fsp3) is 0.326. The number of azide groups is 1. The summed E-state index contributed by atoms with van der Waals surface area (Å²) in [6, 6.07) is 18.4. The molecule has 0 aromatic heterocycles. The lowest BCUT2D eigenvalue weighted by Crippen LogP contribution is -2.34. The predicted molar refractivity (Wildman–Crippen MR) is 238 cm³/mol. The Morgan fingerprint density at radius 1 is 0.905 bits per heavy atom. The number of carboxylic acid groups (broad SMARTS) is 1. The average molecular weight is 859 g/mol. The third kappa shape index (κ3) is 12.6. The number of nitrogens with one attached hydrogen (secondary N) is 4. The largest absolute Gasteiger partial charge is 0.491 e. The van der Waals surface area contributed by atoms with Crippen LogP contribution in [-0.2, 0) is 14.3 Å². The van der Waals surface area contributed by atoms with Crippen LogP contribution in [0.2, 0.25) is 0 Å². The van der Waals surface area contributed by atoms with Crippen LogP contribution < -0.4 is 31.4 Å². The van der Waals surface area contributed by atoms with Gasteiger partial charge in [0.15, 0.2) is 6.23 Å². The quantitative estimate of drug-likeness (QED) is 0.0139. The van der Waals surface area contributed by atoms with Gasteiger partial charge in [-0.05, 0) is 105 Å². The normalized spacial score (nSPS) is 11.5. The fourth-order valence-electron chi connectivity index (χ4n) is 6.59. The zero-order chi connectivity index (χ0) is 45.3. The number of hydrogen-bond acceptors (Lipinski definition) is 11. The molecule has 5 rings (SSSR count). The first-order valence-corrected chi connectivity index (χ1v) is 20.3. The summed E-state index contributed by atoms with van der Waals surface area (Å²) in [7, 11) is 0. The van der Waals surface area contributed by atoms with E-state index in [-0.39, 0.29) is 68.7 Å². The number of carbonyl (C=O) groups excluding carboxylic acids is 3. The number of anilines is 1. The standard InChI is InChI=1S/C46H50N8O9/c1-6-9-15-50-41(55)26-60-18-19-61-42(53-54-47)27-62-32-12-10-11-30(22-32)44(56)51-16-17-52-45(57)31-13-14-33(46(58)59)34(23-31)43-35-20-28(4)37(48-7-2)24-39(35)63-40-25-38(49-8-3)29(5)21-36(40)43/h10-14,20-25,42,48H,7-8,15-19,26-27H2,1-5H3,(H,50,55)(H,51,56)(H,52,57)(H,58,59)/b49-38-. The van der Waals surface area contributed by atoms with Crippen molar-refractivity contribution in [3.8, 4) is 40.0 Å². The average Bonchev–Trinajstić information content (AvgIpc) is 3.27. The molecule has 1 unspecified atom stereocenters. The monoisotopic (exact) mass is 858 g/mol. The summed E-state index contributed by atoms with van der Waals surface area (Å²) in [5.74, 6) is 3.83. The minimum Gasteiger partial charge on any atom is -0.491 e. The molecule has 1 atom stereocenters. The van der Waals surface area contributed by atoms with Gasteiger partial charge in [-0.3, -0.25) is 19.4 Å². The number of rotatable bonds is 21. The number of benzene rings is 4. The number of carboxylic acids is 1. The zero-order valence-corrected chi connectivity index (χ0v) is 35.8. The number of nitrogens with zero attached hydrogens (tertiary/aromatic N) is 4. The molecule has 0 saturated carbocycles. The van der Waals surface area contributed by atoms with Crippen LogP contribution in [0, 0.1) is 25.7 Å². The van der Waals surface area contributed by atoms with Gasteiger partial charge in [-0.1, -0.05) is 17.1 Å². The van der Waals surface area contributed by atoms with Crippen LogP contribution in [0.15, 0.2) is 81.3 Å². The van der Waals surface area contributed by atoms with E-state index >= 15 is 0 Å². The zero-order valence-electron chi connectivity index (χ0n) is 35.8. The van der Waals surface area contributed by atoms with E-state index in [4.69, 9.17) is 24.2 Å². The van der Waals surface area contributed by atoms with Gasteiger partial charge in [0.1, 0.15) is 30.3 Å². The molecule has 328 valence electrons. The van der Waals surface area contributed by atoms with E-state index in [9.17, 15) is 24.3 Å². The molecule has 5 N–H and O–H groups in total. The topological polar surface area (TPSA) is 239 Å². The number of hydrogen-bond donors (Lipinski definition) is 5. The van der Waals surface area contributed by atoms with E-state index in [1.54, 1.807) is 31.2 Å². The molecule has 0 fully saturated rings. The lowest BCUT2D eigenvalue weighted by atomic mass is 9.88. The maximum atomic E-state index is 13.6. The second-order valence-corrected chi connectivity index (χ2v) is 14.0. The molecule has 17 nitrogen and oxygen atoms in total. The number of carbonyl (C=O) groups is 4. The summed E-state index contributed by atoms with van der Waals surface area (Å²) in [5.41, 5.74) is 14.3. The maximum absolute atomic E-state index is 13.6. The van der Waals surface area contributed by atoms with Crippen LogP contribution >= 0.6 is 0 Å². The third-order valence-corrected chi connectivity index (χ3v) is 9.55. The van der Waals surface area contributed by atoms with Gasteiger partial charge >= 0.3 is 5.97 Å². The second-order valence-electron chi connectivity index (χ2n) is 14.0. The van der Waals surface area contributed by atoms with Crippen LogP contribution in [0.25, 0.3) is 43.9 Å². The molecule has 63 heavy (non-hydrogen) atoms. The SMILES string of the molecule is CC#CCNC(=O)COCCOC(COc1cccc(C(=O)NCCNC(=O)c2ccc(C(=O)O)c(-c3c4cc(C)/c(=N\CC)cc-4oc4cc(NCC)c(C)cc34)c2)c1)N=[N+]=[N-]. The van der Waals surface area contributed by atoms with Gasteiger partial charge in [-0.25, -0.2) is 4.79 Å². The van der Waals surface area contributed by atoms with Crippen molar-refractivity contribution < 1.29 is 42.9 Å². The van der Waals surface area contributed by atoms with E-state index in [1.807, 2.05) is 52.0 Å². The number of amides is 3. The molecular weight excluding hydrogens is 809 g/mol. The molecule has 1 aliphatic heterocycles. The van der Waals surface area contributed by atoms with Gasteiger partial charge in [0.25, 0.3) is 11.8 Å². The Morgan fingerprint density at radius 2 is 1.67 bits per heavy atom. The summed E-state index contributed by atoms with van der Waals surface area (Å²) < 4.78 is 23.0. The molecular formula is C46H50N8O9. The lowest BCUT2D eigenvalue weighted by Gasteiger charge is -2.20. The van der Waals surface area contributed by atoms with E-state index in [0.717, 1.165) is 22.2 Å². The van der Waals surface area contributed by atoms with Gasteiger partial charge in [0, 0.05) is 76.6 Å². The van der Waals surface area contributed by atoms with E-state index in [1.165, 1.54) is 18.2 Å². The highest BCUT2D eigenvalue weighted by atomic mass is 16.6. The first-order chi connectivity index (χ1) is 30.5. The van der Waals surface area contributed by atoms with Gasteiger partial charge in [-0.2, -0.15) is 0 Å². The Labute approximate surface area is 364 Å². The van der Waals surface area contributed by atoms with Crippen molar-refractivity contribution in [2.75, 3.05) is 64.5 Å². The Balaban J connectivity index is 1.24. The van der Waals surface area contributed by atoms with Gasteiger partial charge in [0.05, 0.1) is 30.7 Å². The van der Waals surface area contributed by atoms with E-state index in [0.29, 0.717) is 52.3 Å². The Kier molecular flexibility index (Phi) is 17.0. The number of ether oxygens (including phenoxy) is 3. The minimum absolute atomic E-state index is 0.00910. The summed E-state index contributed by atoms with van der Waals surface area (Å²) in [4.78, 5) is 58.5. The molecule has 0 spiro atoms. The van der Waals surface area contributed by atoms with Gasteiger partial charge in [-0.15, -0.1) is 5.92 Å². The number of aromatic carboxylic acids is 1. The van der Waals surface area contributed by atoms with Crippen LogP contribution in [-0.4, -0.2) is 94.2 Å². The minimum atomic E-state index is -1.16. The molecule has 0 saturated heterocycles. The van der Waals surface area contributed by atoms with Crippen molar-refractivity contribution in [1.82, 2.24) is 16.0 Å². The molecule has 1 aliphatic carbocycles. The van der Waals surface area contributed by atoms with Crippen LogP contribution in [0.5, 0.6) is 5.75 Å². The van der Waals surface area contributed by atoms with Gasteiger partial charge in [0.2, 0.25) is 5.91 Å². The molecule has 0 radical (unpaired) electrons. The summed E-state index contributed by atoms with van der Waals surface area (Å²) in [6.07, 6.45) is -1.01. The fourth-order valence-corrected chi connectivity index (χ4v) is 6.59. The number of aryl methyl sites for hydroxylation is 2. The van der Waals surface area contributed by atoms with Gasteiger partial charge < -0.3 is 45.0 Å². The molecule has 0 bridgehead atoms. The van der Waals surface area contributed by atoms with E-state index < -0.39 is 24.0 Å². The first-order valence-electron chi connectivity index (χ1n) is 20.3. The Hall–Kier alpha value is -7.38. The smallest absolute Gasteiger partial charge is 0.336 e. The molecule has 3 aromatic carbocycles. The molecule has 2 aliphatic rings. The van der Waals surface area contributed by atoms with Crippen LogP contribution in [0.3, 0.4) is 0 Å². The highest BCUT2D eigenvalue weighted by Crippen LogP contribution is 2.43. The molecule has 17 heteroatoms. The molecule has 3 aromatic rings. The summed E-state index contributed by atoms with van der Waals surface area (Å²) >= 11 is 0. The second kappa shape index (κ2) is 23.0. The van der Waals surface area contributed by atoms with Crippen molar-refractivity contribution in [2.45, 2.75) is 40.8 Å². The van der Waals surface area contributed by atoms with Crippen molar-refractivity contribution in [3.63, 3.8) is 0 Å². The Morgan fingerprint density at radius 3 is 2.37 bits per heavy atom. The van der Waals surface area contributed by atoms with Crippen LogP contribution in [0.1, 0.15) is 63.0 Å². The number of fused-ring (bicyclic) bond motifs is 2.